The van der Waals surface area contributed by atoms with Crippen LogP contribution < -0.4 is 4.74 Å². The van der Waals surface area contributed by atoms with Gasteiger partial charge in [0.25, 0.3) is 5.89 Å². The maximum atomic E-state index is 11.6. The molecule has 8 nitrogen and oxygen atoms in total. The zero-order chi connectivity index (χ0) is 24.4. The maximum absolute atomic E-state index is 11.6. The van der Waals surface area contributed by atoms with Crippen molar-refractivity contribution in [1.29, 1.82) is 5.26 Å². The van der Waals surface area contributed by atoms with E-state index in [9.17, 15) is 15.2 Å². The van der Waals surface area contributed by atoms with Gasteiger partial charge in [0.2, 0.25) is 5.82 Å². The average molecular weight is 461 g/mol. The number of fused-ring (bicyclic) bond motifs is 1. The summed E-state index contributed by atoms with van der Waals surface area (Å²) in [6.45, 7) is 9.07. The molecule has 34 heavy (non-hydrogen) atoms. The Bertz CT molecular complexity index is 1260. The quantitative estimate of drug-likeness (QED) is 0.545. The fraction of sp³-hybridized carbons (Fsp3) is 0.385. The molecule has 0 saturated carbocycles. The second-order valence-corrected chi connectivity index (χ2v) is 8.77. The minimum atomic E-state index is -0.776. The molecule has 2 aromatic carbocycles. The molecule has 2 heterocycles. The van der Waals surface area contributed by atoms with Crippen LogP contribution in [-0.2, 0) is 17.8 Å². The van der Waals surface area contributed by atoms with E-state index < -0.39 is 12.0 Å². The van der Waals surface area contributed by atoms with Gasteiger partial charge in [-0.15, -0.1) is 0 Å². The number of aliphatic carboxylic acids is 1. The van der Waals surface area contributed by atoms with Crippen molar-refractivity contribution in [3.8, 4) is 34.7 Å². The van der Waals surface area contributed by atoms with Gasteiger partial charge in [-0.2, -0.15) is 10.2 Å². The van der Waals surface area contributed by atoms with Crippen molar-refractivity contribution in [1.82, 2.24) is 15.0 Å². The van der Waals surface area contributed by atoms with E-state index in [2.05, 4.69) is 16.2 Å². The molecule has 1 unspecified atom stereocenters. The minimum Gasteiger partial charge on any atom is -0.490 e. The van der Waals surface area contributed by atoms with Crippen LogP contribution in [0.4, 0.5) is 0 Å². The predicted molar refractivity (Wildman–Crippen MR) is 126 cm³/mol. The molecule has 0 spiro atoms. The molecule has 3 aromatic rings. The highest BCUT2D eigenvalue weighted by Crippen LogP contribution is 2.32. The van der Waals surface area contributed by atoms with Gasteiger partial charge < -0.3 is 14.4 Å². The van der Waals surface area contributed by atoms with Crippen molar-refractivity contribution in [3.05, 3.63) is 52.6 Å². The van der Waals surface area contributed by atoms with E-state index in [0.29, 0.717) is 48.1 Å². The lowest BCUT2D eigenvalue weighted by atomic mass is 9.90. The van der Waals surface area contributed by atoms with Gasteiger partial charge in [0.15, 0.2) is 0 Å². The maximum Gasteiger partial charge on any atom is 0.320 e. The Morgan fingerprint density at radius 1 is 1.32 bits per heavy atom. The first-order valence-electron chi connectivity index (χ1n) is 11.5. The van der Waals surface area contributed by atoms with E-state index in [-0.39, 0.29) is 6.10 Å². The Labute approximate surface area is 198 Å². The number of carbonyl (C=O) groups is 1. The van der Waals surface area contributed by atoms with Crippen molar-refractivity contribution >= 4 is 5.97 Å². The average Bonchev–Trinajstić information content (AvgIpc) is 3.29. The molecule has 0 saturated heterocycles. The highest BCUT2D eigenvalue weighted by Gasteiger charge is 2.28. The summed E-state index contributed by atoms with van der Waals surface area (Å²) in [7, 11) is 0. The monoisotopic (exact) mass is 460 g/mol. The van der Waals surface area contributed by atoms with E-state index in [4.69, 9.17) is 9.26 Å². The van der Waals surface area contributed by atoms with Crippen LogP contribution >= 0.6 is 0 Å². The molecule has 0 fully saturated rings. The van der Waals surface area contributed by atoms with E-state index >= 15 is 0 Å². The number of ether oxygens (including phenoxy) is 1. The third-order valence-electron chi connectivity index (χ3n) is 6.21. The molecular weight excluding hydrogens is 432 g/mol. The summed E-state index contributed by atoms with van der Waals surface area (Å²) in [5.41, 5.74) is 5.36. The van der Waals surface area contributed by atoms with Crippen LogP contribution in [0.5, 0.6) is 5.75 Å². The van der Waals surface area contributed by atoms with Crippen molar-refractivity contribution in [2.45, 2.75) is 59.2 Å². The highest BCUT2D eigenvalue weighted by molar-refractivity contribution is 5.73. The van der Waals surface area contributed by atoms with Crippen molar-refractivity contribution in [3.63, 3.8) is 0 Å². The molecule has 176 valence electrons. The lowest BCUT2D eigenvalue weighted by molar-refractivity contribution is -0.143. The molecule has 8 heteroatoms. The first kappa shape index (κ1) is 23.5. The molecule has 1 atom stereocenters. The number of carboxylic acids is 1. The molecule has 4 rings (SSSR count). The zero-order valence-corrected chi connectivity index (χ0v) is 19.8. The molecule has 1 aliphatic heterocycles. The van der Waals surface area contributed by atoms with Gasteiger partial charge in [-0.3, -0.25) is 9.69 Å². The van der Waals surface area contributed by atoms with E-state index in [0.717, 1.165) is 23.1 Å². The van der Waals surface area contributed by atoms with Crippen LogP contribution in [0.1, 0.15) is 49.4 Å². The van der Waals surface area contributed by atoms with Gasteiger partial charge in [-0.05, 0) is 68.5 Å². The van der Waals surface area contributed by atoms with Crippen LogP contribution in [0.15, 0.2) is 34.9 Å². The number of carboxylic acid groups (broad SMARTS) is 1. The number of nitrogens with zero attached hydrogens (tertiary/aromatic N) is 4. The van der Waals surface area contributed by atoms with Crippen LogP contribution in [-0.4, -0.2) is 44.8 Å². The number of rotatable bonds is 7. The summed E-state index contributed by atoms with van der Waals surface area (Å²) in [5, 5.41) is 23.2. The SMILES string of the molecule is CCC(C(=O)O)N1CCc2c(ccc(-c3noc(-c4ccc(OC(C)C)c(C#N)c4)n3)c2C)C1. The van der Waals surface area contributed by atoms with Gasteiger partial charge in [0.05, 0.1) is 11.7 Å². The molecule has 0 bridgehead atoms. The topological polar surface area (TPSA) is 112 Å². The van der Waals surface area contributed by atoms with Crippen LogP contribution in [0, 0.1) is 18.3 Å². The van der Waals surface area contributed by atoms with E-state index in [1.54, 1.807) is 18.2 Å². The second-order valence-electron chi connectivity index (χ2n) is 8.77. The Kier molecular flexibility index (Phi) is 6.66. The lowest BCUT2D eigenvalue weighted by Gasteiger charge is -2.33. The van der Waals surface area contributed by atoms with Gasteiger partial charge in [-0.1, -0.05) is 24.2 Å². The number of nitriles is 1. The fourth-order valence-electron chi connectivity index (χ4n) is 4.52. The fourth-order valence-corrected chi connectivity index (χ4v) is 4.52. The number of benzene rings is 2. The standard InChI is InChI=1S/C26H28N4O4/c1-5-22(26(31)32)30-11-10-20-16(4)21(8-6-18(20)14-30)24-28-25(34-29-24)17-7-9-23(33-15(2)3)19(12-17)13-27/h6-9,12,15,22H,5,10-11,14H2,1-4H3,(H,31,32). The van der Waals surface area contributed by atoms with Gasteiger partial charge in [0.1, 0.15) is 17.9 Å². The third kappa shape index (κ3) is 4.52. The summed E-state index contributed by atoms with van der Waals surface area (Å²) in [6.07, 6.45) is 1.31. The van der Waals surface area contributed by atoms with Crippen LogP contribution in [0.25, 0.3) is 22.8 Å². The Morgan fingerprint density at radius 3 is 2.79 bits per heavy atom. The number of hydrogen-bond donors (Lipinski definition) is 1. The third-order valence-corrected chi connectivity index (χ3v) is 6.21. The van der Waals surface area contributed by atoms with Gasteiger partial charge in [-0.25, -0.2) is 0 Å². The van der Waals surface area contributed by atoms with Crippen molar-refractivity contribution in [2.24, 2.45) is 0 Å². The predicted octanol–water partition coefficient (Wildman–Crippen LogP) is 4.59. The molecule has 1 N–H and O–H groups in total. The van der Waals surface area contributed by atoms with E-state index in [1.807, 2.05) is 44.7 Å². The highest BCUT2D eigenvalue weighted by atomic mass is 16.5. The van der Waals surface area contributed by atoms with Gasteiger partial charge in [0, 0.05) is 24.2 Å². The Morgan fingerprint density at radius 2 is 2.12 bits per heavy atom. The second kappa shape index (κ2) is 9.65. The Hall–Kier alpha value is -3.70. The first-order chi connectivity index (χ1) is 16.3. The summed E-state index contributed by atoms with van der Waals surface area (Å²) < 4.78 is 11.2. The molecule has 1 aromatic heterocycles. The first-order valence-corrected chi connectivity index (χ1v) is 11.5. The molecule has 0 aliphatic carbocycles. The van der Waals surface area contributed by atoms with Gasteiger partial charge >= 0.3 is 5.97 Å². The smallest absolute Gasteiger partial charge is 0.320 e. The van der Waals surface area contributed by atoms with E-state index in [1.165, 1.54) is 5.56 Å². The molecule has 1 aliphatic rings. The lowest BCUT2D eigenvalue weighted by Crippen LogP contribution is -2.43. The van der Waals surface area contributed by atoms with Crippen molar-refractivity contribution in [2.75, 3.05) is 6.54 Å². The minimum absolute atomic E-state index is 0.0380. The van der Waals surface area contributed by atoms with Crippen LogP contribution in [0.2, 0.25) is 0 Å². The summed E-state index contributed by atoms with van der Waals surface area (Å²) >= 11 is 0. The Balaban J connectivity index is 1.61. The summed E-state index contributed by atoms with van der Waals surface area (Å²) in [5.74, 6) is 0.560. The van der Waals surface area contributed by atoms with Crippen molar-refractivity contribution < 1.29 is 19.2 Å². The normalized spacial score (nSPS) is 14.5. The molecule has 0 amide bonds. The van der Waals surface area contributed by atoms with Crippen LogP contribution in [0.3, 0.4) is 0 Å². The number of aromatic nitrogens is 2. The molecular formula is C26H28N4O4. The molecule has 0 radical (unpaired) electrons. The largest absolute Gasteiger partial charge is 0.490 e. The summed E-state index contributed by atoms with van der Waals surface area (Å²) in [4.78, 5) is 18.2. The zero-order valence-electron chi connectivity index (χ0n) is 19.8. The number of hydrogen-bond acceptors (Lipinski definition) is 7. The summed E-state index contributed by atoms with van der Waals surface area (Å²) in [6, 6.07) is 10.9.